The average Bonchev–Trinajstić information content (AvgIpc) is 2.75. The number of nitrogens with one attached hydrogen (secondary N) is 2. The number of ether oxygens (including phenoxy) is 1. The predicted octanol–water partition coefficient (Wildman–Crippen LogP) is -0.0292. The Labute approximate surface area is 112 Å². The molecule has 1 amide bonds. The number of rotatable bonds is 6. The quantitative estimate of drug-likeness (QED) is 0.640. The van der Waals surface area contributed by atoms with Crippen molar-refractivity contribution >= 4 is 15.9 Å². The lowest BCUT2D eigenvalue weighted by atomic mass is 10.4. The molecule has 0 saturated heterocycles. The van der Waals surface area contributed by atoms with Gasteiger partial charge in [-0.25, -0.2) is 13.6 Å². The van der Waals surface area contributed by atoms with Crippen molar-refractivity contribution in [1.82, 2.24) is 10.3 Å². The highest BCUT2D eigenvalue weighted by Gasteiger charge is 2.27. The minimum atomic E-state index is -4.42. The van der Waals surface area contributed by atoms with E-state index < -0.39 is 28.7 Å². The fourth-order valence-corrected chi connectivity index (χ4v) is 1.69. The van der Waals surface area contributed by atoms with Gasteiger partial charge in [-0.1, -0.05) is 0 Å². The summed E-state index contributed by atoms with van der Waals surface area (Å²) in [6.07, 6.45) is -3.39. The molecular weight excluding hydrogens is 303 g/mol. The number of hydrogen-bond acceptors (Lipinski definition) is 4. The summed E-state index contributed by atoms with van der Waals surface area (Å²) in [4.78, 5) is 13.6. The van der Waals surface area contributed by atoms with Crippen LogP contribution in [-0.4, -0.2) is 45.2 Å². The molecule has 0 aliphatic carbocycles. The van der Waals surface area contributed by atoms with Crippen molar-refractivity contribution in [2.75, 3.05) is 19.8 Å². The Balaban J connectivity index is 2.39. The van der Waals surface area contributed by atoms with Gasteiger partial charge in [0.05, 0.1) is 11.5 Å². The van der Waals surface area contributed by atoms with E-state index in [-0.39, 0.29) is 23.7 Å². The number of H-pyrrole nitrogens is 1. The van der Waals surface area contributed by atoms with Crippen molar-refractivity contribution < 1.29 is 31.1 Å². The molecule has 4 N–H and O–H groups in total. The van der Waals surface area contributed by atoms with Crippen molar-refractivity contribution in [3.63, 3.8) is 0 Å². The molecule has 0 aliphatic rings. The number of sulfonamides is 1. The van der Waals surface area contributed by atoms with Crippen LogP contribution in [0.2, 0.25) is 0 Å². The van der Waals surface area contributed by atoms with Crippen LogP contribution in [0.25, 0.3) is 0 Å². The van der Waals surface area contributed by atoms with Gasteiger partial charge in [0.1, 0.15) is 12.3 Å². The van der Waals surface area contributed by atoms with Crippen LogP contribution in [0.4, 0.5) is 13.2 Å². The molecule has 1 aromatic rings. The molecule has 0 aromatic carbocycles. The molecule has 11 heteroatoms. The van der Waals surface area contributed by atoms with Crippen LogP contribution in [0.1, 0.15) is 10.5 Å². The van der Waals surface area contributed by atoms with Crippen molar-refractivity contribution in [2.24, 2.45) is 5.14 Å². The number of carbonyl (C=O) groups is 1. The van der Waals surface area contributed by atoms with Gasteiger partial charge in [0.15, 0.2) is 0 Å². The van der Waals surface area contributed by atoms with Crippen LogP contribution in [0.5, 0.6) is 0 Å². The molecule has 1 rings (SSSR count). The van der Waals surface area contributed by atoms with Gasteiger partial charge in [-0.15, -0.1) is 0 Å². The molecule has 20 heavy (non-hydrogen) atoms. The summed E-state index contributed by atoms with van der Waals surface area (Å²) in [5, 5.41) is 7.10. The third-order valence-electron chi connectivity index (χ3n) is 2.03. The minimum absolute atomic E-state index is 0.0788. The lowest BCUT2D eigenvalue weighted by molar-refractivity contribution is -0.173. The van der Waals surface area contributed by atoms with E-state index in [4.69, 9.17) is 5.14 Å². The van der Waals surface area contributed by atoms with E-state index >= 15 is 0 Å². The van der Waals surface area contributed by atoms with Crippen LogP contribution in [0, 0.1) is 0 Å². The van der Waals surface area contributed by atoms with Gasteiger partial charge in [0.25, 0.3) is 5.91 Å². The van der Waals surface area contributed by atoms with E-state index in [1.807, 2.05) is 0 Å². The van der Waals surface area contributed by atoms with Crippen molar-refractivity contribution in [3.05, 3.63) is 18.0 Å². The lowest BCUT2D eigenvalue weighted by Gasteiger charge is -2.07. The van der Waals surface area contributed by atoms with Gasteiger partial charge in [-0.3, -0.25) is 4.79 Å². The van der Waals surface area contributed by atoms with E-state index in [9.17, 15) is 26.4 Å². The first kappa shape index (κ1) is 16.5. The van der Waals surface area contributed by atoms with Crippen molar-refractivity contribution in [1.29, 1.82) is 0 Å². The average molecular weight is 315 g/mol. The molecule has 1 heterocycles. The first-order valence-electron chi connectivity index (χ1n) is 5.23. The fraction of sp³-hybridized carbons (Fsp3) is 0.444. The monoisotopic (exact) mass is 315 g/mol. The van der Waals surface area contributed by atoms with E-state index in [1.54, 1.807) is 0 Å². The molecule has 0 spiro atoms. The number of carbonyl (C=O) groups excluding carboxylic acids is 1. The van der Waals surface area contributed by atoms with Gasteiger partial charge >= 0.3 is 6.18 Å². The van der Waals surface area contributed by atoms with Gasteiger partial charge in [0.2, 0.25) is 10.0 Å². The SMILES string of the molecule is NS(=O)(=O)c1c[nH]c(C(=O)NCCOCC(F)(F)F)c1. The van der Waals surface area contributed by atoms with Crippen molar-refractivity contribution in [2.45, 2.75) is 11.1 Å². The number of alkyl halides is 3. The summed E-state index contributed by atoms with van der Waals surface area (Å²) < 4.78 is 61.4. The second kappa shape index (κ2) is 6.24. The predicted molar refractivity (Wildman–Crippen MR) is 61.4 cm³/mol. The zero-order valence-corrected chi connectivity index (χ0v) is 10.8. The van der Waals surface area contributed by atoms with Crippen molar-refractivity contribution in [3.8, 4) is 0 Å². The maximum atomic E-state index is 11.7. The molecule has 7 nitrogen and oxygen atoms in total. The molecule has 0 fully saturated rings. The minimum Gasteiger partial charge on any atom is -0.370 e. The highest BCUT2D eigenvalue weighted by molar-refractivity contribution is 7.89. The topological polar surface area (TPSA) is 114 Å². The molecule has 0 atom stereocenters. The van der Waals surface area contributed by atoms with Crippen LogP contribution in [0.3, 0.4) is 0 Å². The lowest BCUT2D eigenvalue weighted by Crippen LogP contribution is -2.29. The molecule has 114 valence electrons. The summed E-state index contributed by atoms with van der Waals surface area (Å²) >= 11 is 0. The highest BCUT2D eigenvalue weighted by Crippen LogP contribution is 2.14. The number of aromatic amines is 1. The number of halogens is 3. The summed E-state index contributed by atoms with van der Waals surface area (Å²) in [6, 6.07) is 1.02. The molecular formula is C9H12F3N3O4S. The van der Waals surface area contributed by atoms with Gasteiger partial charge in [-0.2, -0.15) is 13.2 Å². The molecule has 0 bridgehead atoms. The summed E-state index contributed by atoms with van der Waals surface area (Å²) in [6.45, 7) is -1.88. The number of aromatic nitrogens is 1. The highest BCUT2D eigenvalue weighted by atomic mass is 32.2. The Kier molecular flexibility index (Phi) is 5.14. The smallest absolute Gasteiger partial charge is 0.370 e. The largest absolute Gasteiger partial charge is 0.411 e. The third-order valence-corrected chi connectivity index (χ3v) is 2.92. The normalized spacial score (nSPS) is 12.4. The summed E-state index contributed by atoms with van der Waals surface area (Å²) in [5.41, 5.74) is -0.0788. The number of nitrogens with two attached hydrogens (primary N) is 1. The number of hydrogen-bond donors (Lipinski definition) is 3. The first-order valence-corrected chi connectivity index (χ1v) is 6.78. The standard InChI is InChI=1S/C9H12F3N3O4S/c10-9(11,12)5-19-2-1-14-8(16)7-3-6(4-15-7)20(13,17)18/h3-4,15H,1-2,5H2,(H,14,16)(H2,13,17,18). The molecule has 0 unspecified atom stereocenters. The van der Waals surface area contributed by atoms with E-state index in [0.29, 0.717) is 0 Å². The zero-order chi connectivity index (χ0) is 15.4. The first-order chi connectivity index (χ1) is 9.09. The number of primary sulfonamides is 1. The van der Waals surface area contributed by atoms with Crippen LogP contribution < -0.4 is 10.5 Å². The summed E-state index contributed by atoms with van der Waals surface area (Å²) in [7, 11) is -3.92. The Morgan fingerprint density at radius 3 is 2.60 bits per heavy atom. The maximum Gasteiger partial charge on any atom is 0.411 e. The number of amides is 1. The van der Waals surface area contributed by atoms with E-state index in [2.05, 4.69) is 15.0 Å². The fourth-order valence-electron chi connectivity index (χ4n) is 1.19. The Morgan fingerprint density at radius 2 is 2.10 bits per heavy atom. The molecule has 0 aliphatic heterocycles. The zero-order valence-electron chi connectivity index (χ0n) is 10.0. The van der Waals surface area contributed by atoms with Crippen LogP contribution in [-0.2, 0) is 14.8 Å². The summed E-state index contributed by atoms with van der Waals surface area (Å²) in [5.74, 6) is -0.685. The second-order valence-corrected chi connectivity index (χ2v) is 5.28. The van der Waals surface area contributed by atoms with E-state index in [1.165, 1.54) is 0 Å². The Hall–Kier alpha value is -1.59. The van der Waals surface area contributed by atoms with Crippen LogP contribution >= 0.6 is 0 Å². The molecule has 0 saturated carbocycles. The van der Waals surface area contributed by atoms with Gasteiger partial charge < -0.3 is 15.0 Å². The van der Waals surface area contributed by atoms with Gasteiger partial charge in [0, 0.05) is 12.7 Å². The van der Waals surface area contributed by atoms with E-state index in [0.717, 1.165) is 12.3 Å². The molecule has 0 radical (unpaired) electrons. The maximum absolute atomic E-state index is 11.7. The second-order valence-electron chi connectivity index (χ2n) is 3.72. The van der Waals surface area contributed by atoms with Crippen LogP contribution in [0.15, 0.2) is 17.2 Å². The Bertz CT molecular complexity index is 567. The molecule has 1 aromatic heterocycles. The Morgan fingerprint density at radius 1 is 1.45 bits per heavy atom. The van der Waals surface area contributed by atoms with Gasteiger partial charge in [-0.05, 0) is 6.07 Å². The third kappa shape index (κ3) is 5.59.